The summed E-state index contributed by atoms with van der Waals surface area (Å²) in [5, 5.41) is 11.7. The molecule has 3 rings (SSSR count). The van der Waals surface area contributed by atoms with E-state index in [1.54, 1.807) is 19.1 Å². The molecule has 0 spiro atoms. The molecule has 2 amide bonds. The minimum atomic E-state index is -1.10. The summed E-state index contributed by atoms with van der Waals surface area (Å²) in [6.07, 6.45) is 0.694. The van der Waals surface area contributed by atoms with Crippen molar-refractivity contribution in [2.24, 2.45) is 0 Å². The third-order valence-corrected chi connectivity index (χ3v) is 3.76. The normalized spacial score (nSPS) is 16.1. The molecule has 2 aromatic rings. The maximum atomic E-state index is 12.4. The van der Waals surface area contributed by atoms with Crippen molar-refractivity contribution in [3.05, 3.63) is 47.9 Å². The highest BCUT2D eigenvalue weighted by molar-refractivity contribution is 6.04. The zero-order valence-corrected chi connectivity index (χ0v) is 13.4. The van der Waals surface area contributed by atoms with Gasteiger partial charge in [-0.15, -0.1) is 0 Å². The van der Waals surface area contributed by atoms with Crippen LogP contribution in [-0.4, -0.2) is 35.5 Å². The van der Waals surface area contributed by atoms with Gasteiger partial charge in [-0.3, -0.25) is 14.5 Å². The van der Waals surface area contributed by atoms with Crippen molar-refractivity contribution in [1.82, 2.24) is 5.32 Å². The molecule has 0 saturated heterocycles. The number of carboxylic acids is 1. The molecule has 8 nitrogen and oxygen atoms in total. The van der Waals surface area contributed by atoms with Crippen molar-refractivity contribution in [1.29, 1.82) is 0 Å². The van der Waals surface area contributed by atoms with Crippen LogP contribution in [0.5, 0.6) is 5.75 Å². The molecular formula is C17H16N2O6. The number of carboxylic acid groups (broad SMARTS) is 1. The SMILES string of the molecule is CC1Oc2cc(C(=O)O)ccc2N(CC(=O)NCc2ccco2)C1=O. The molecule has 130 valence electrons. The van der Waals surface area contributed by atoms with Gasteiger partial charge in [0.25, 0.3) is 5.91 Å². The van der Waals surface area contributed by atoms with Gasteiger partial charge in [0.1, 0.15) is 18.1 Å². The zero-order chi connectivity index (χ0) is 18.0. The van der Waals surface area contributed by atoms with E-state index in [9.17, 15) is 14.4 Å². The molecule has 0 bridgehead atoms. The Balaban J connectivity index is 1.77. The number of benzene rings is 1. The standard InChI is InChI=1S/C17H16N2O6/c1-10-16(21)19(9-15(20)18-8-12-3-2-6-24-12)13-5-4-11(17(22)23)7-14(13)25-10/h2-7,10H,8-9H2,1H3,(H,18,20)(H,22,23). The fraction of sp³-hybridized carbons (Fsp3) is 0.235. The van der Waals surface area contributed by atoms with Crippen LogP contribution < -0.4 is 15.0 Å². The fourth-order valence-corrected chi connectivity index (χ4v) is 2.51. The van der Waals surface area contributed by atoms with Crippen molar-refractivity contribution >= 4 is 23.5 Å². The van der Waals surface area contributed by atoms with Gasteiger partial charge in [0, 0.05) is 0 Å². The van der Waals surface area contributed by atoms with E-state index in [-0.39, 0.29) is 36.2 Å². The number of rotatable bonds is 5. The number of furan rings is 1. The molecule has 1 aromatic carbocycles. The predicted octanol–water partition coefficient (Wildman–Crippen LogP) is 1.41. The Bertz CT molecular complexity index is 815. The van der Waals surface area contributed by atoms with Gasteiger partial charge in [-0.2, -0.15) is 0 Å². The first kappa shape index (κ1) is 16.6. The molecule has 2 heterocycles. The second-order valence-electron chi connectivity index (χ2n) is 5.53. The molecular weight excluding hydrogens is 328 g/mol. The number of nitrogens with one attached hydrogen (secondary N) is 1. The number of nitrogens with zero attached hydrogens (tertiary/aromatic N) is 1. The number of fused-ring (bicyclic) bond motifs is 1. The zero-order valence-electron chi connectivity index (χ0n) is 13.4. The third-order valence-electron chi connectivity index (χ3n) is 3.76. The van der Waals surface area contributed by atoms with E-state index in [1.807, 2.05) is 0 Å². The van der Waals surface area contributed by atoms with Gasteiger partial charge in [-0.05, 0) is 37.3 Å². The molecule has 1 aromatic heterocycles. The van der Waals surface area contributed by atoms with E-state index in [0.29, 0.717) is 11.4 Å². The van der Waals surface area contributed by atoms with Crippen LogP contribution in [0, 0.1) is 0 Å². The van der Waals surface area contributed by atoms with Crippen molar-refractivity contribution in [3.63, 3.8) is 0 Å². The number of amides is 2. The topological polar surface area (TPSA) is 109 Å². The van der Waals surface area contributed by atoms with Crippen LogP contribution in [0.1, 0.15) is 23.0 Å². The van der Waals surface area contributed by atoms with Gasteiger partial charge in [-0.1, -0.05) is 0 Å². The van der Waals surface area contributed by atoms with Gasteiger partial charge in [0.05, 0.1) is 24.1 Å². The monoisotopic (exact) mass is 344 g/mol. The number of ether oxygens (including phenoxy) is 1. The van der Waals surface area contributed by atoms with Gasteiger partial charge in [-0.25, -0.2) is 4.79 Å². The summed E-state index contributed by atoms with van der Waals surface area (Å²) in [7, 11) is 0. The number of carbonyl (C=O) groups is 3. The number of hydrogen-bond donors (Lipinski definition) is 2. The number of anilines is 1. The van der Waals surface area contributed by atoms with Crippen LogP contribution in [0.15, 0.2) is 41.0 Å². The Kier molecular flexibility index (Phi) is 4.42. The first-order chi connectivity index (χ1) is 12.0. The fourth-order valence-electron chi connectivity index (χ4n) is 2.51. The molecule has 0 saturated carbocycles. The van der Waals surface area contributed by atoms with Crippen molar-refractivity contribution < 1.29 is 28.6 Å². The molecule has 1 aliphatic heterocycles. The average Bonchev–Trinajstić information content (AvgIpc) is 3.10. The lowest BCUT2D eigenvalue weighted by Crippen LogP contribution is -2.48. The quantitative estimate of drug-likeness (QED) is 0.849. The molecule has 1 atom stereocenters. The van der Waals surface area contributed by atoms with Crippen LogP contribution in [0.3, 0.4) is 0 Å². The van der Waals surface area contributed by atoms with Crippen LogP contribution in [-0.2, 0) is 16.1 Å². The summed E-state index contributed by atoms with van der Waals surface area (Å²) in [5.74, 6) is -0.984. The van der Waals surface area contributed by atoms with E-state index >= 15 is 0 Å². The highest BCUT2D eigenvalue weighted by Gasteiger charge is 2.33. The van der Waals surface area contributed by atoms with E-state index in [1.165, 1.54) is 29.4 Å². The molecule has 1 aliphatic rings. The molecule has 1 unspecified atom stereocenters. The summed E-state index contributed by atoms with van der Waals surface area (Å²) in [6.45, 7) is 1.56. The lowest BCUT2D eigenvalue weighted by molar-refractivity contribution is -0.128. The first-order valence-corrected chi connectivity index (χ1v) is 7.60. The van der Waals surface area contributed by atoms with Crippen molar-refractivity contribution in [3.8, 4) is 5.75 Å². The Morgan fingerprint density at radius 1 is 1.32 bits per heavy atom. The predicted molar refractivity (Wildman–Crippen MR) is 86.4 cm³/mol. The van der Waals surface area contributed by atoms with E-state index in [4.69, 9.17) is 14.3 Å². The molecule has 0 fully saturated rings. The molecule has 8 heteroatoms. The Labute approximate surface area is 143 Å². The second kappa shape index (κ2) is 6.68. The van der Waals surface area contributed by atoms with Crippen LogP contribution in [0.4, 0.5) is 5.69 Å². The van der Waals surface area contributed by atoms with Gasteiger partial charge >= 0.3 is 5.97 Å². The van der Waals surface area contributed by atoms with E-state index in [2.05, 4.69) is 5.32 Å². The largest absolute Gasteiger partial charge is 0.479 e. The van der Waals surface area contributed by atoms with Gasteiger partial charge < -0.3 is 19.6 Å². The molecule has 25 heavy (non-hydrogen) atoms. The minimum absolute atomic E-state index is 0.0440. The average molecular weight is 344 g/mol. The summed E-state index contributed by atoms with van der Waals surface area (Å²) in [4.78, 5) is 36.9. The van der Waals surface area contributed by atoms with Crippen molar-refractivity contribution in [2.45, 2.75) is 19.6 Å². The van der Waals surface area contributed by atoms with E-state index < -0.39 is 12.1 Å². The van der Waals surface area contributed by atoms with Gasteiger partial charge in [0.2, 0.25) is 5.91 Å². The Morgan fingerprint density at radius 2 is 2.12 bits per heavy atom. The Hall–Kier alpha value is -3.29. The number of carbonyl (C=O) groups excluding carboxylic acids is 2. The highest BCUT2D eigenvalue weighted by atomic mass is 16.5. The summed E-state index contributed by atoms with van der Waals surface area (Å²) in [6, 6.07) is 7.61. The summed E-state index contributed by atoms with van der Waals surface area (Å²) in [5.41, 5.74) is 0.406. The summed E-state index contributed by atoms with van der Waals surface area (Å²) >= 11 is 0. The summed E-state index contributed by atoms with van der Waals surface area (Å²) < 4.78 is 10.6. The molecule has 0 aliphatic carbocycles. The minimum Gasteiger partial charge on any atom is -0.479 e. The maximum Gasteiger partial charge on any atom is 0.335 e. The van der Waals surface area contributed by atoms with Crippen molar-refractivity contribution in [2.75, 3.05) is 11.4 Å². The smallest absolute Gasteiger partial charge is 0.335 e. The van der Waals surface area contributed by atoms with E-state index in [0.717, 1.165) is 0 Å². The highest BCUT2D eigenvalue weighted by Crippen LogP contribution is 2.34. The van der Waals surface area contributed by atoms with Crippen LogP contribution >= 0.6 is 0 Å². The lowest BCUT2D eigenvalue weighted by Gasteiger charge is -2.32. The second-order valence-corrected chi connectivity index (χ2v) is 5.53. The lowest BCUT2D eigenvalue weighted by atomic mass is 10.1. The first-order valence-electron chi connectivity index (χ1n) is 7.60. The van der Waals surface area contributed by atoms with Crippen LogP contribution in [0.2, 0.25) is 0 Å². The maximum absolute atomic E-state index is 12.4. The number of hydrogen-bond acceptors (Lipinski definition) is 5. The Morgan fingerprint density at radius 3 is 2.80 bits per heavy atom. The third kappa shape index (κ3) is 3.47. The molecule has 2 N–H and O–H groups in total. The van der Waals surface area contributed by atoms with Gasteiger partial charge in [0.15, 0.2) is 6.10 Å². The number of aromatic carboxylic acids is 1. The van der Waals surface area contributed by atoms with Crippen LogP contribution in [0.25, 0.3) is 0 Å². The molecule has 0 radical (unpaired) electrons.